The number of rotatable bonds is 11. The van der Waals surface area contributed by atoms with E-state index in [1.807, 2.05) is 45.0 Å². The van der Waals surface area contributed by atoms with Gasteiger partial charge in [-0.3, -0.25) is 13.9 Å². The molecule has 3 aromatic carbocycles. The molecule has 1 atom stereocenters. The number of nitrogens with one attached hydrogen (secondary N) is 1. The minimum atomic E-state index is -4.17. The molecule has 10 heteroatoms. The van der Waals surface area contributed by atoms with E-state index in [1.54, 1.807) is 44.2 Å². The van der Waals surface area contributed by atoms with Gasteiger partial charge in [0.05, 0.1) is 10.6 Å². The molecule has 0 saturated carbocycles. The molecule has 0 spiro atoms. The van der Waals surface area contributed by atoms with Crippen molar-refractivity contribution in [3.8, 4) is 0 Å². The third-order valence-electron chi connectivity index (χ3n) is 6.49. The Morgan fingerprint density at radius 3 is 2.25 bits per heavy atom. The summed E-state index contributed by atoms with van der Waals surface area (Å²) in [5, 5.41) is 3.26. The molecule has 0 aromatic heterocycles. The Morgan fingerprint density at radius 1 is 0.975 bits per heavy atom. The van der Waals surface area contributed by atoms with Crippen LogP contribution in [0.2, 0.25) is 5.02 Å². The summed E-state index contributed by atoms with van der Waals surface area (Å²) in [6, 6.07) is 18.0. The van der Waals surface area contributed by atoms with Crippen molar-refractivity contribution in [2.24, 2.45) is 5.92 Å². The maximum Gasteiger partial charge on any atom is 0.264 e. The van der Waals surface area contributed by atoms with Gasteiger partial charge in [-0.05, 0) is 74.2 Å². The van der Waals surface area contributed by atoms with Crippen molar-refractivity contribution in [1.29, 1.82) is 0 Å². The quantitative estimate of drug-likeness (QED) is 0.272. The van der Waals surface area contributed by atoms with Gasteiger partial charge in [0.15, 0.2) is 0 Å². The van der Waals surface area contributed by atoms with E-state index in [9.17, 15) is 18.0 Å². The minimum Gasteiger partial charge on any atom is -0.354 e. The molecule has 2 amide bonds. The summed E-state index contributed by atoms with van der Waals surface area (Å²) >= 11 is 9.83. The molecule has 3 aromatic rings. The Balaban J connectivity index is 2.06. The van der Waals surface area contributed by atoms with Gasteiger partial charge in [0.25, 0.3) is 10.0 Å². The monoisotopic (exact) mass is 647 g/mol. The van der Waals surface area contributed by atoms with Gasteiger partial charge in [-0.15, -0.1) is 0 Å². The van der Waals surface area contributed by atoms with Crippen LogP contribution in [0, 0.1) is 19.8 Å². The number of hydrogen-bond donors (Lipinski definition) is 1. The summed E-state index contributed by atoms with van der Waals surface area (Å²) in [5.74, 6) is -0.613. The zero-order chi connectivity index (χ0) is 29.6. The highest BCUT2D eigenvalue weighted by atomic mass is 79.9. The number of anilines is 1. The van der Waals surface area contributed by atoms with Gasteiger partial charge in [-0.25, -0.2) is 8.42 Å². The van der Waals surface area contributed by atoms with Crippen molar-refractivity contribution >= 4 is 55.1 Å². The number of carbonyl (C=O) groups excluding carboxylic acids is 2. The molecule has 0 saturated heterocycles. The molecule has 0 unspecified atom stereocenters. The predicted molar refractivity (Wildman–Crippen MR) is 164 cm³/mol. The molecule has 0 aliphatic rings. The average Bonchev–Trinajstić information content (AvgIpc) is 2.90. The largest absolute Gasteiger partial charge is 0.354 e. The highest BCUT2D eigenvalue weighted by Crippen LogP contribution is 2.31. The van der Waals surface area contributed by atoms with Gasteiger partial charge < -0.3 is 10.2 Å². The molecule has 3 rings (SSSR count). The van der Waals surface area contributed by atoms with E-state index in [0.717, 1.165) is 19.9 Å². The lowest BCUT2D eigenvalue weighted by Crippen LogP contribution is -2.51. The van der Waals surface area contributed by atoms with Gasteiger partial charge >= 0.3 is 0 Å². The van der Waals surface area contributed by atoms with E-state index >= 15 is 0 Å². The normalized spacial score (nSPS) is 12.2. The first-order valence-electron chi connectivity index (χ1n) is 13.0. The fourth-order valence-electron chi connectivity index (χ4n) is 4.08. The van der Waals surface area contributed by atoms with Crippen LogP contribution in [-0.4, -0.2) is 44.3 Å². The molecular formula is C30H35BrClN3O4S. The Labute approximate surface area is 250 Å². The first-order chi connectivity index (χ1) is 18.8. The van der Waals surface area contributed by atoms with Crippen LogP contribution in [-0.2, 0) is 26.2 Å². The van der Waals surface area contributed by atoms with E-state index in [1.165, 1.54) is 17.0 Å². The second kappa shape index (κ2) is 13.7. The Morgan fingerprint density at radius 2 is 1.62 bits per heavy atom. The fraction of sp³-hybridized carbons (Fsp3) is 0.333. The van der Waals surface area contributed by atoms with Crippen LogP contribution in [0.4, 0.5) is 5.69 Å². The number of sulfonamides is 1. The zero-order valence-corrected chi connectivity index (χ0v) is 26.5. The van der Waals surface area contributed by atoms with Crippen LogP contribution >= 0.6 is 27.5 Å². The van der Waals surface area contributed by atoms with Gasteiger partial charge in [-0.1, -0.05) is 77.3 Å². The zero-order valence-electron chi connectivity index (χ0n) is 23.3. The second-order valence-electron chi connectivity index (χ2n) is 10.2. The van der Waals surface area contributed by atoms with Crippen molar-refractivity contribution < 1.29 is 18.0 Å². The number of hydrogen-bond acceptors (Lipinski definition) is 4. The van der Waals surface area contributed by atoms with E-state index in [0.29, 0.717) is 22.8 Å². The number of benzene rings is 3. The van der Waals surface area contributed by atoms with Crippen LogP contribution in [0.3, 0.4) is 0 Å². The predicted octanol–water partition coefficient (Wildman–Crippen LogP) is 6.10. The third kappa shape index (κ3) is 7.86. The number of carbonyl (C=O) groups is 2. The molecule has 40 heavy (non-hydrogen) atoms. The van der Waals surface area contributed by atoms with Crippen LogP contribution in [0.1, 0.15) is 37.5 Å². The van der Waals surface area contributed by atoms with Crippen molar-refractivity contribution in [2.75, 3.05) is 17.4 Å². The molecule has 0 fully saturated rings. The lowest BCUT2D eigenvalue weighted by atomic mass is 10.1. The van der Waals surface area contributed by atoms with Gasteiger partial charge in [0, 0.05) is 22.6 Å². The lowest BCUT2D eigenvalue weighted by Gasteiger charge is -2.32. The fourth-order valence-corrected chi connectivity index (χ4v) is 6.17. The highest BCUT2D eigenvalue weighted by molar-refractivity contribution is 9.10. The summed E-state index contributed by atoms with van der Waals surface area (Å²) in [7, 11) is -4.17. The van der Waals surface area contributed by atoms with E-state index in [4.69, 9.17) is 11.6 Å². The summed E-state index contributed by atoms with van der Waals surface area (Å²) in [5.41, 5.74) is 2.51. The minimum absolute atomic E-state index is 0.0477. The summed E-state index contributed by atoms with van der Waals surface area (Å²) in [4.78, 5) is 28.6. The molecule has 214 valence electrons. The summed E-state index contributed by atoms with van der Waals surface area (Å²) in [6.45, 7) is 9.24. The summed E-state index contributed by atoms with van der Waals surface area (Å²) < 4.78 is 29.9. The van der Waals surface area contributed by atoms with Gasteiger partial charge in [0.2, 0.25) is 11.8 Å². The maximum atomic E-state index is 14.0. The molecule has 0 radical (unpaired) electrons. The SMILES string of the molecule is Cc1ccc(S(=O)(=O)N(CC(=O)N(Cc2cccc(Br)c2)[C@@H](C)C(=O)NCC(C)C)c2cccc(Cl)c2C)cc1. The number of nitrogens with zero attached hydrogens (tertiary/aromatic N) is 2. The smallest absolute Gasteiger partial charge is 0.264 e. The molecular weight excluding hydrogens is 614 g/mol. The van der Waals surface area contributed by atoms with Gasteiger partial charge in [-0.2, -0.15) is 0 Å². The van der Waals surface area contributed by atoms with Crippen LogP contribution in [0.15, 0.2) is 76.1 Å². The maximum absolute atomic E-state index is 14.0. The molecule has 0 aliphatic heterocycles. The van der Waals surface area contributed by atoms with Crippen LogP contribution in [0.5, 0.6) is 0 Å². The van der Waals surface area contributed by atoms with Crippen molar-refractivity contribution in [1.82, 2.24) is 10.2 Å². The average molecular weight is 649 g/mol. The Kier molecular flexibility index (Phi) is 10.8. The lowest BCUT2D eigenvalue weighted by molar-refractivity contribution is -0.139. The van der Waals surface area contributed by atoms with Crippen molar-refractivity contribution in [3.63, 3.8) is 0 Å². The van der Waals surface area contributed by atoms with E-state index in [-0.39, 0.29) is 23.3 Å². The van der Waals surface area contributed by atoms with Crippen molar-refractivity contribution in [3.05, 3.63) is 92.9 Å². The van der Waals surface area contributed by atoms with Crippen molar-refractivity contribution in [2.45, 2.75) is 52.1 Å². The number of amides is 2. The van der Waals surface area contributed by atoms with Gasteiger partial charge in [0.1, 0.15) is 12.6 Å². The highest BCUT2D eigenvalue weighted by Gasteiger charge is 2.33. The Bertz CT molecular complexity index is 1460. The number of aryl methyl sites for hydroxylation is 1. The standard InChI is InChI=1S/C30H35BrClN3O4S/c1-20(2)17-33-30(37)23(5)34(18-24-8-6-9-25(31)16-24)29(36)19-35(28-11-7-10-27(32)22(28)4)40(38,39)26-14-12-21(3)13-15-26/h6-16,20,23H,17-19H2,1-5H3,(H,33,37)/t23-/m0/s1. The molecule has 0 aliphatic carbocycles. The first kappa shape index (κ1) is 31.6. The molecule has 0 bridgehead atoms. The Hall–Kier alpha value is -2.88. The molecule has 0 heterocycles. The third-order valence-corrected chi connectivity index (χ3v) is 9.17. The summed E-state index contributed by atoms with van der Waals surface area (Å²) in [6.07, 6.45) is 0. The first-order valence-corrected chi connectivity index (χ1v) is 15.6. The number of halogens is 2. The van der Waals surface area contributed by atoms with E-state index < -0.39 is 28.5 Å². The van der Waals surface area contributed by atoms with Crippen LogP contribution < -0.4 is 9.62 Å². The topological polar surface area (TPSA) is 86.8 Å². The van der Waals surface area contributed by atoms with Crippen LogP contribution in [0.25, 0.3) is 0 Å². The van der Waals surface area contributed by atoms with E-state index in [2.05, 4.69) is 21.2 Å². The second-order valence-corrected chi connectivity index (χ2v) is 13.4. The molecule has 1 N–H and O–H groups in total. The molecule has 7 nitrogen and oxygen atoms in total.